The molecule has 0 atom stereocenters. The van der Waals surface area contributed by atoms with Crippen molar-refractivity contribution >= 4 is 21.8 Å². The summed E-state index contributed by atoms with van der Waals surface area (Å²) in [7, 11) is -0.826. The third-order valence-corrected chi connectivity index (χ3v) is 3.76. The number of nitrogens with zero attached hydrogens (tertiary/aromatic N) is 2. The predicted octanol–water partition coefficient (Wildman–Crippen LogP) is 2.85. The van der Waals surface area contributed by atoms with Gasteiger partial charge in [-0.2, -0.15) is 10.0 Å². The first kappa shape index (κ1) is 14.9. The standard InChI is InChI=1S/C16H22N2OS/c1-16(2)10-15(19)18(12-16)14-7-6-13(11-17-14)8-9-20(3,4)5/h6-7,11H,10,12H2,1-5H3. The molecule has 0 unspecified atom stereocenters. The van der Waals surface area contributed by atoms with E-state index in [0.717, 1.165) is 17.9 Å². The average Bonchev–Trinajstić information content (AvgIpc) is 2.60. The van der Waals surface area contributed by atoms with Gasteiger partial charge in [0.1, 0.15) is 5.82 Å². The fraction of sp³-hybridized carbons (Fsp3) is 0.500. The summed E-state index contributed by atoms with van der Waals surface area (Å²) in [4.78, 5) is 18.2. The number of aromatic nitrogens is 1. The molecule has 0 aromatic carbocycles. The van der Waals surface area contributed by atoms with Gasteiger partial charge in [-0.1, -0.05) is 19.8 Å². The van der Waals surface area contributed by atoms with Crippen molar-refractivity contribution in [2.75, 3.05) is 30.2 Å². The molecule has 1 aliphatic heterocycles. The predicted molar refractivity (Wildman–Crippen MR) is 87.2 cm³/mol. The molecule has 4 heteroatoms. The number of rotatable bonds is 1. The largest absolute Gasteiger partial charge is 0.296 e. The summed E-state index contributed by atoms with van der Waals surface area (Å²) >= 11 is 0. The lowest BCUT2D eigenvalue weighted by Crippen LogP contribution is -2.26. The van der Waals surface area contributed by atoms with Crippen LogP contribution in [-0.2, 0) is 4.79 Å². The maximum atomic E-state index is 12.0. The van der Waals surface area contributed by atoms with Gasteiger partial charge in [0, 0.05) is 24.7 Å². The lowest BCUT2D eigenvalue weighted by molar-refractivity contribution is -0.117. The highest BCUT2D eigenvalue weighted by atomic mass is 32.3. The second kappa shape index (κ2) is 5.14. The zero-order chi connectivity index (χ0) is 15.0. The van der Waals surface area contributed by atoms with Gasteiger partial charge in [-0.3, -0.25) is 9.69 Å². The Kier molecular flexibility index (Phi) is 3.84. The SMILES string of the molecule is CC1(C)CC(=O)N(c2ccc(C#CS(C)(C)C)cn2)C1. The number of anilines is 1. The maximum absolute atomic E-state index is 12.0. The number of carbonyl (C=O) groups is 1. The van der Waals surface area contributed by atoms with Crippen LogP contribution in [0.2, 0.25) is 0 Å². The molecule has 1 aromatic heterocycles. The van der Waals surface area contributed by atoms with E-state index in [1.165, 1.54) is 0 Å². The molecule has 20 heavy (non-hydrogen) atoms. The Balaban J connectivity index is 2.17. The van der Waals surface area contributed by atoms with Crippen molar-refractivity contribution in [2.24, 2.45) is 5.41 Å². The highest BCUT2D eigenvalue weighted by Crippen LogP contribution is 2.33. The molecule has 108 valence electrons. The van der Waals surface area contributed by atoms with Crippen LogP contribution in [0.4, 0.5) is 5.82 Å². The maximum Gasteiger partial charge on any atom is 0.228 e. The van der Waals surface area contributed by atoms with Crippen molar-refractivity contribution in [1.82, 2.24) is 4.98 Å². The molecule has 1 aromatic rings. The number of carbonyl (C=O) groups excluding carboxylic acids is 1. The molecule has 0 aliphatic carbocycles. The van der Waals surface area contributed by atoms with Gasteiger partial charge in [-0.25, -0.2) is 4.98 Å². The summed E-state index contributed by atoms with van der Waals surface area (Å²) < 4.78 is 0. The van der Waals surface area contributed by atoms with Gasteiger partial charge < -0.3 is 0 Å². The first-order valence-electron chi connectivity index (χ1n) is 6.64. The lowest BCUT2D eigenvalue weighted by Gasteiger charge is -2.18. The van der Waals surface area contributed by atoms with Crippen molar-refractivity contribution < 1.29 is 4.79 Å². The molecule has 1 saturated heterocycles. The summed E-state index contributed by atoms with van der Waals surface area (Å²) in [6.07, 6.45) is 8.82. The van der Waals surface area contributed by atoms with Crippen LogP contribution in [0.5, 0.6) is 0 Å². The zero-order valence-electron chi connectivity index (χ0n) is 12.9. The molecule has 2 rings (SSSR count). The Bertz CT molecular complexity index is 573. The van der Waals surface area contributed by atoms with Gasteiger partial charge in [-0.15, -0.1) is 0 Å². The third kappa shape index (κ3) is 3.77. The minimum Gasteiger partial charge on any atom is -0.296 e. The van der Waals surface area contributed by atoms with Gasteiger partial charge in [0.2, 0.25) is 5.91 Å². The number of amides is 1. The van der Waals surface area contributed by atoms with Gasteiger partial charge in [0.15, 0.2) is 0 Å². The van der Waals surface area contributed by atoms with E-state index in [0.29, 0.717) is 6.42 Å². The normalized spacial score (nSPS) is 18.6. The van der Waals surface area contributed by atoms with Crippen LogP contribution in [0, 0.1) is 16.6 Å². The van der Waals surface area contributed by atoms with E-state index >= 15 is 0 Å². The molecule has 1 amide bonds. The minimum atomic E-state index is -0.826. The Morgan fingerprint density at radius 1 is 1.30 bits per heavy atom. The first-order valence-corrected chi connectivity index (χ1v) is 9.50. The van der Waals surface area contributed by atoms with Crippen LogP contribution in [0.25, 0.3) is 0 Å². The highest BCUT2D eigenvalue weighted by Gasteiger charge is 2.36. The van der Waals surface area contributed by atoms with Crippen molar-refractivity contribution in [1.29, 1.82) is 0 Å². The van der Waals surface area contributed by atoms with Crippen molar-refractivity contribution in [3.63, 3.8) is 0 Å². The first-order chi connectivity index (χ1) is 9.16. The summed E-state index contributed by atoms with van der Waals surface area (Å²) in [5, 5.41) is 3.26. The summed E-state index contributed by atoms with van der Waals surface area (Å²) in [5.41, 5.74) is 0.939. The van der Waals surface area contributed by atoms with E-state index in [2.05, 4.69) is 48.8 Å². The Hall–Kier alpha value is -1.47. The van der Waals surface area contributed by atoms with Crippen molar-refractivity contribution in [3.05, 3.63) is 23.9 Å². The number of hydrogen-bond donors (Lipinski definition) is 0. The van der Waals surface area contributed by atoms with Crippen LogP contribution >= 0.6 is 10.0 Å². The molecule has 1 aliphatic rings. The average molecular weight is 290 g/mol. The van der Waals surface area contributed by atoms with E-state index in [9.17, 15) is 4.79 Å². The van der Waals surface area contributed by atoms with Gasteiger partial charge >= 0.3 is 0 Å². The molecule has 3 nitrogen and oxygen atoms in total. The van der Waals surface area contributed by atoms with Crippen LogP contribution in [-0.4, -0.2) is 36.2 Å². The van der Waals surface area contributed by atoms with E-state index < -0.39 is 10.0 Å². The zero-order valence-corrected chi connectivity index (χ0v) is 13.7. The lowest BCUT2D eigenvalue weighted by atomic mass is 9.93. The second-order valence-electron chi connectivity index (χ2n) is 6.79. The van der Waals surface area contributed by atoms with Gasteiger partial charge in [-0.05, 0) is 41.6 Å². The smallest absolute Gasteiger partial charge is 0.228 e. The van der Waals surface area contributed by atoms with Gasteiger partial charge in [0.25, 0.3) is 0 Å². The Morgan fingerprint density at radius 2 is 2.00 bits per heavy atom. The van der Waals surface area contributed by atoms with Crippen LogP contribution < -0.4 is 4.90 Å². The number of hydrogen-bond acceptors (Lipinski definition) is 2. The molecule has 0 saturated carbocycles. The fourth-order valence-electron chi connectivity index (χ4n) is 2.12. The Morgan fingerprint density at radius 3 is 2.45 bits per heavy atom. The molecule has 0 radical (unpaired) electrons. The van der Waals surface area contributed by atoms with Crippen LogP contribution in [0.15, 0.2) is 18.3 Å². The Labute approximate surface area is 123 Å². The van der Waals surface area contributed by atoms with Crippen LogP contribution in [0.1, 0.15) is 25.8 Å². The molecule has 2 heterocycles. The second-order valence-corrected chi connectivity index (χ2v) is 10.7. The third-order valence-electron chi connectivity index (χ3n) is 3.04. The van der Waals surface area contributed by atoms with E-state index in [1.54, 1.807) is 11.1 Å². The molecular formula is C16H22N2OS. The van der Waals surface area contributed by atoms with E-state index in [-0.39, 0.29) is 11.3 Å². The van der Waals surface area contributed by atoms with Crippen molar-refractivity contribution in [3.8, 4) is 11.2 Å². The molecule has 0 N–H and O–H groups in total. The fourth-order valence-corrected chi connectivity index (χ4v) is 2.54. The number of pyridine rings is 1. The molecule has 0 bridgehead atoms. The quantitative estimate of drug-likeness (QED) is 0.745. The minimum absolute atomic E-state index is 0.0346. The summed E-state index contributed by atoms with van der Waals surface area (Å²) in [6.45, 7) is 4.95. The van der Waals surface area contributed by atoms with E-state index in [4.69, 9.17) is 0 Å². The molecule has 0 spiro atoms. The topological polar surface area (TPSA) is 33.2 Å². The van der Waals surface area contributed by atoms with Gasteiger partial charge in [0.05, 0.1) is 0 Å². The molecular weight excluding hydrogens is 268 g/mol. The summed E-state index contributed by atoms with van der Waals surface area (Å²) in [5.74, 6) is 4.03. The summed E-state index contributed by atoms with van der Waals surface area (Å²) in [6, 6.07) is 3.83. The highest BCUT2D eigenvalue weighted by molar-refractivity contribution is 8.35. The monoisotopic (exact) mass is 290 g/mol. The molecule has 1 fully saturated rings. The van der Waals surface area contributed by atoms with Crippen LogP contribution in [0.3, 0.4) is 0 Å². The van der Waals surface area contributed by atoms with Crippen molar-refractivity contribution in [2.45, 2.75) is 20.3 Å². The van der Waals surface area contributed by atoms with E-state index in [1.807, 2.05) is 12.1 Å².